The monoisotopic (exact) mass is 378 g/mol. The molecule has 26 heavy (non-hydrogen) atoms. The van der Waals surface area contributed by atoms with Crippen molar-refractivity contribution >= 4 is 21.9 Å². The number of rotatable bonds is 7. The van der Waals surface area contributed by atoms with E-state index in [0.717, 1.165) is 5.56 Å². The number of hydrogen-bond acceptors (Lipinski definition) is 6. The summed E-state index contributed by atoms with van der Waals surface area (Å²) in [4.78, 5) is 23.5. The quantitative estimate of drug-likeness (QED) is 0.602. The summed E-state index contributed by atoms with van der Waals surface area (Å²) in [5.74, 6) is -1.51. The molecule has 2 rings (SSSR count). The number of nitrogens with one attached hydrogen (secondary N) is 1. The highest BCUT2D eigenvalue weighted by Gasteiger charge is 2.13. The molecule has 4 N–H and O–H groups in total. The highest BCUT2D eigenvalue weighted by Crippen LogP contribution is 2.16. The molecule has 138 valence electrons. The Morgan fingerprint density at radius 3 is 2.35 bits per heavy atom. The molecule has 0 unspecified atom stereocenters. The molecule has 9 heteroatoms. The van der Waals surface area contributed by atoms with Gasteiger partial charge >= 0.3 is 5.97 Å². The number of benzene rings is 2. The normalized spacial score (nSPS) is 11.0. The van der Waals surface area contributed by atoms with Crippen molar-refractivity contribution in [3.8, 4) is 5.75 Å². The number of para-hydroxylation sites is 1. The maximum Gasteiger partial charge on any atom is 0.342 e. The number of phenols is 1. The van der Waals surface area contributed by atoms with Crippen LogP contribution in [0.3, 0.4) is 0 Å². The van der Waals surface area contributed by atoms with Crippen LogP contribution in [0.4, 0.5) is 0 Å². The largest absolute Gasteiger partial charge is 0.507 e. The topological polar surface area (TPSA) is 136 Å². The molecule has 2 aromatic rings. The highest BCUT2D eigenvalue weighted by atomic mass is 32.2. The van der Waals surface area contributed by atoms with Gasteiger partial charge in [-0.1, -0.05) is 24.3 Å². The van der Waals surface area contributed by atoms with E-state index in [1.54, 1.807) is 24.3 Å². The first-order chi connectivity index (χ1) is 12.3. The third-order valence-corrected chi connectivity index (χ3v) is 4.38. The van der Waals surface area contributed by atoms with Crippen molar-refractivity contribution in [1.29, 1.82) is 0 Å². The zero-order chi connectivity index (χ0) is 19.2. The van der Waals surface area contributed by atoms with Crippen LogP contribution in [0.1, 0.15) is 15.9 Å². The van der Waals surface area contributed by atoms with E-state index in [1.165, 1.54) is 24.3 Å². The molecule has 8 nitrogen and oxygen atoms in total. The summed E-state index contributed by atoms with van der Waals surface area (Å²) in [7, 11) is -3.73. The summed E-state index contributed by atoms with van der Waals surface area (Å²) in [5.41, 5.74) is 0.791. The van der Waals surface area contributed by atoms with E-state index >= 15 is 0 Å². The van der Waals surface area contributed by atoms with Gasteiger partial charge in [-0.2, -0.15) is 0 Å². The van der Waals surface area contributed by atoms with Crippen LogP contribution in [-0.4, -0.2) is 38.6 Å². The summed E-state index contributed by atoms with van der Waals surface area (Å²) in [6, 6.07) is 11.8. The average molecular weight is 378 g/mol. The highest BCUT2D eigenvalue weighted by molar-refractivity contribution is 7.89. The van der Waals surface area contributed by atoms with E-state index in [9.17, 15) is 23.1 Å². The lowest BCUT2D eigenvalue weighted by atomic mass is 10.1. The Bertz CT molecular complexity index is 894. The van der Waals surface area contributed by atoms with Crippen LogP contribution >= 0.6 is 0 Å². The number of nitrogens with two attached hydrogens (primary N) is 1. The van der Waals surface area contributed by atoms with E-state index in [0.29, 0.717) is 6.42 Å². The first-order valence-corrected chi connectivity index (χ1v) is 9.15. The van der Waals surface area contributed by atoms with Crippen molar-refractivity contribution in [3.63, 3.8) is 0 Å². The lowest BCUT2D eigenvalue weighted by molar-refractivity contribution is -0.124. The van der Waals surface area contributed by atoms with E-state index < -0.39 is 28.5 Å². The van der Waals surface area contributed by atoms with Crippen molar-refractivity contribution in [2.24, 2.45) is 5.14 Å². The zero-order valence-corrected chi connectivity index (χ0v) is 14.5. The number of hydrogen-bond donors (Lipinski definition) is 3. The molecule has 1 amide bonds. The van der Waals surface area contributed by atoms with E-state index in [-0.39, 0.29) is 22.8 Å². The number of ether oxygens (including phenoxy) is 1. The molecule has 0 saturated heterocycles. The molecule has 0 aliphatic heterocycles. The SMILES string of the molecule is NS(=O)(=O)c1ccc(CCNC(=O)COC(=O)c2ccccc2O)cc1. The van der Waals surface area contributed by atoms with Crippen LogP contribution in [0.2, 0.25) is 0 Å². The minimum atomic E-state index is -3.73. The van der Waals surface area contributed by atoms with Crippen LogP contribution in [0, 0.1) is 0 Å². The van der Waals surface area contributed by atoms with E-state index in [2.05, 4.69) is 5.32 Å². The first kappa shape index (κ1) is 19.4. The molecule has 0 aliphatic carbocycles. The molecule has 0 atom stereocenters. The van der Waals surface area contributed by atoms with E-state index in [4.69, 9.17) is 9.88 Å². The van der Waals surface area contributed by atoms with Gasteiger partial charge in [0.2, 0.25) is 10.0 Å². The van der Waals surface area contributed by atoms with Gasteiger partial charge in [-0.25, -0.2) is 18.4 Å². The molecular formula is C17H18N2O6S. The van der Waals surface area contributed by atoms with Crippen molar-refractivity contribution in [1.82, 2.24) is 5.32 Å². The van der Waals surface area contributed by atoms with Gasteiger partial charge in [0.15, 0.2) is 6.61 Å². The summed E-state index contributed by atoms with van der Waals surface area (Å²) in [6.45, 7) is -0.195. The first-order valence-electron chi connectivity index (χ1n) is 7.61. The fourth-order valence-electron chi connectivity index (χ4n) is 2.10. The van der Waals surface area contributed by atoms with E-state index in [1.807, 2.05) is 0 Å². The molecule has 0 fully saturated rings. The number of aromatic hydroxyl groups is 1. The number of amides is 1. The molecule has 0 spiro atoms. The van der Waals surface area contributed by atoms with Gasteiger partial charge in [-0.3, -0.25) is 4.79 Å². The maximum absolute atomic E-state index is 11.8. The second-order valence-corrected chi connectivity index (χ2v) is 6.94. The second-order valence-electron chi connectivity index (χ2n) is 5.38. The Hall–Kier alpha value is -2.91. The van der Waals surface area contributed by atoms with Gasteiger partial charge in [-0.15, -0.1) is 0 Å². The lowest BCUT2D eigenvalue weighted by Gasteiger charge is -2.08. The second kappa shape index (κ2) is 8.45. The molecule has 0 heterocycles. The van der Waals surface area contributed by atoms with Gasteiger partial charge in [0.1, 0.15) is 11.3 Å². The molecule has 0 radical (unpaired) electrons. The Kier molecular flexibility index (Phi) is 6.31. The molecule has 0 bridgehead atoms. The van der Waals surface area contributed by atoms with Gasteiger partial charge in [0, 0.05) is 6.54 Å². The van der Waals surface area contributed by atoms with Crippen LogP contribution in [0.5, 0.6) is 5.75 Å². The van der Waals surface area contributed by atoms with Gasteiger partial charge in [0.05, 0.1) is 4.90 Å². The Morgan fingerprint density at radius 1 is 1.08 bits per heavy atom. The Morgan fingerprint density at radius 2 is 1.73 bits per heavy atom. The number of primary sulfonamides is 1. The summed E-state index contributed by atoms with van der Waals surface area (Å²) >= 11 is 0. The number of phenolic OH excluding ortho intramolecular Hbond substituents is 1. The molecule has 2 aromatic carbocycles. The van der Waals surface area contributed by atoms with Crippen LogP contribution in [-0.2, 0) is 26.0 Å². The molecule has 0 saturated carbocycles. The molecule has 0 aliphatic rings. The predicted octanol–water partition coefficient (Wildman–Crippen LogP) is 0.555. The lowest BCUT2D eigenvalue weighted by Crippen LogP contribution is -2.30. The third-order valence-electron chi connectivity index (χ3n) is 3.45. The van der Waals surface area contributed by atoms with Gasteiger partial charge in [-0.05, 0) is 36.2 Å². The summed E-state index contributed by atoms with van der Waals surface area (Å²) in [5, 5.41) is 17.1. The predicted molar refractivity (Wildman–Crippen MR) is 92.9 cm³/mol. The van der Waals surface area contributed by atoms with Crippen molar-refractivity contribution in [3.05, 3.63) is 59.7 Å². The molecule has 0 aromatic heterocycles. The van der Waals surface area contributed by atoms with Crippen LogP contribution < -0.4 is 10.5 Å². The minimum absolute atomic E-state index is 0.0152. The average Bonchev–Trinajstić information content (AvgIpc) is 2.60. The standard InChI is InChI=1S/C17H18N2O6S/c18-26(23,24)13-7-5-12(6-8-13)9-10-19-16(21)11-25-17(22)14-3-1-2-4-15(14)20/h1-8,20H,9-11H2,(H,19,21)(H2,18,23,24). The van der Waals surface area contributed by atoms with Crippen LogP contribution in [0.25, 0.3) is 0 Å². The number of sulfonamides is 1. The minimum Gasteiger partial charge on any atom is -0.507 e. The maximum atomic E-state index is 11.8. The van der Waals surface area contributed by atoms with Crippen molar-refractivity contribution in [2.45, 2.75) is 11.3 Å². The Balaban J connectivity index is 1.75. The Labute approximate surface area is 150 Å². The summed E-state index contributed by atoms with van der Waals surface area (Å²) in [6.07, 6.45) is 0.462. The van der Waals surface area contributed by atoms with Crippen molar-refractivity contribution < 1.29 is 27.9 Å². The fourth-order valence-corrected chi connectivity index (χ4v) is 2.61. The van der Waals surface area contributed by atoms with Gasteiger partial charge < -0.3 is 15.2 Å². The number of carbonyl (C=O) groups excluding carboxylic acids is 2. The number of carbonyl (C=O) groups is 2. The smallest absolute Gasteiger partial charge is 0.342 e. The van der Waals surface area contributed by atoms with Crippen molar-refractivity contribution in [2.75, 3.05) is 13.2 Å². The zero-order valence-electron chi connectivity index (χ0n) is 13.7. The molecular weight excluding hydrogens is 360 g/mol. The van der Waals surface area contributed by atoms with Crippen LogP contribution in [0.15, 0.2) is 53.4 Å². The number of esters is 1. The fraction of sp³-hybridized carbons (Fsp3) is 0.176. The third kappa shape index (κ3) is 5.57. The van der Waals surface area contributed by atoms with Gasteiger partial charge in [0.25, 0.3) is 5.91 Å². The summed E-state index contributed by atoms with van der Waals surface area (Å²) < 4.78 is 27.2.